The van der Waals surface area contributed by atoms with Crippen molar-refractivity contribution in [1.82, 2.24) is 4.98 Å². The summed E-state index contributed by atoms with van der Waals surface area (Å²) in [7, 11) is 1.37. The van der Waals surface area contributed by atoms with Gasteiger partial charge in [-0.05, 0) is 24.2 Å². The highest BCUT2D eigenvalue weighted by molar-refractivity contribution is 7.18. The molecule has 7 nitrogen and oxygen atoms in total. The number of esters is 1. The molecule has 0 amide bonds. The van der Waals surface area contributed by atoms with Gasteiger partial charge in [-0.1, -0.05) is 6.42 Å². The number of ether oxygens (including phenoxy) is 1. The van der Waals surface area contributed by atoms with Gasteiger partial charge in [0, 0.05) is 13.0 Å². The Morgan fingerprint density at radius 2 is 2.33 bits per heavy atom. The van der Waals surface area contributed by atoms with Crippen LogP contribution in [0.3, 0.4) is 0 Å². The fourth-order valence-electron chi connectivity index (χ4n) is 1.30. The molecule has 1 N–H and O–H groups in total. The standard InChI is InChI=1S/C10H15N3O4S/c1-17-9(14)5-3-2-4-6-11-10-12-7-8(18-10)13(15)16/h7H,2-6H2,1H3,(H,11,12). The highest BCUT2D eigenvalue weighted by Gasteiger charge is 2.10. The number of hydrogen-bond donors (Lipinski definition) is 1. The largest absolute Gasteiger partial charge is 0.469 e. The second-order valence-electron chi connectivity index (χ2n) is 3.57. The molecule has 0 radical (unpaired) electrons. The zero-order valence-electron chi connectivity index (χ0n) is 10.0. The Kier molecular flexibility index (Phi) is 6.06. The van der Waals surface area contributed by atoms with Gasteiger partial charge in [-0.25, -0.2) is 4.98 Å². The number of nitrogens with one attached hydrogen (secondary N) is 1. The van der Waals surface area contributed by atoms with Gasteiger partial charge in [0.2, 0.25) is 0 Å². The van der Waals surface area contributed by atoms with Gasteiger partial charge in [-0.3, -0.25) is 14.9 Å². The Morgan fingerprint density at radius 3 is 2.94 bits per heavy atom. The van der Waals surface area contributed by atoms with Crippen LogP contribution in [0.1, 0.15) is 25.7 Å². The van der Waals surface area contributed by atoms with Crippen molar-refractivity contribution in [3.8, 4) is 0 Å². The lowest BCUT2D eigenvalue weighted by Crippen LogP contribution is -2.02. The van der Waals surface area contributed by atoms with E-state index in [2.05, 4.69) is 15.0 Å². The van der Waals surface area contributed by atoms with Crippen molar-refractivity contribution in [2.24, 2.45) is 0 Å². The fourth-order valence-corrected chi connectivity index (χ4v) is 1.96. The zero-order chi connectivity index (χ0) is 13.4. The number of aromatic nitrogens is 1. The molecule has 0 saturated carbocycles. The van der Waals surface area contributed by atoms with Crippen LogP contribution in [0.4, 0.5) is 10.1 Å². The van der Waals surface area contributed by atoms with Crippen molar-refractivity contribution >= 4 is 27.4 Å². The van der Waals surface area contributed by atoms with E-state index < -0.39 is 4.92 Å². The van der Waals surface area contributed by atoms with Crippen LogP contribution in [0.5, 0.6) is 0 Å². The van der Waals surface area contributed by atoms with E-state index in [1.54, 1.807) is 0 Å². The molecule has 1 aromatic heterocycles. The summed E-state index contributed by atoms with van der Waals surface area (Å²) >= 11 is 1.02. The summed E-state index contributed by atoms with van der Waals surface area (Å²) < 4.78 is 4.52. The van der Waals surface area contributed by atoms with Crippen molar-refractivity contribution in [1.29, 1.82) is 0 Å². The Bertz CT molecular complexity index is 408. The SMILES string of the molecule is COC(=O)CCCCCNc1ncc([N+](=O)[O-])s1. The van der Waals surface area contributed by atoms with Crippen molar-refractivity contribution in [2.75, 3.05) is 19.0 Å². The smallest absolute Gasteiger partial charge is 0.345 e. The van der Waals surface area contributed by atoms with Gasteiger partial charge in [0.25, 0.3) is 0 Å². The van der Waals surface area contributed by atoms with E-state index in [1.807, 2.05) is 0 Å². The molecule has 8 heteroatoms. The third kappa shape index (κ3) is 5.09. The lowest BCUT2D eigenvalue weighted by Gasteiger charge is -2.02. The summed E-state index contributed by atoms with van der Waals surface area (Å²) in [5.74, 6) is -0.196. The predicted molar refractivity (Wildman–Crippen MR) is 67.7 cm³/mol. The molecule has 1 aromatic rings. The van der Waals surface area contributed by atoms with E-state index >= 15 is 0 Å². The fraction of sp³-hybridized carbons (Fsp3) is 0.600. The lowest BCUT2D eigenvalue weighted by molar-refractivity contribution is -0.380. The van der Waals surface area contributed by atoms with Crippen LogP contribution in [-0.2, 0) is 9.53 Å². The normalized spacial score (nSPS) is 10.1. The summed E-state index contributed by atoms with van der Waals surface area (Å²) in [4.78, 5) is 24.7. The maximum atomic E-state index is 10.8. The Hall–Kier alpha value is -1.70. The van der Waals surface area contributed by atoms with Crippen molar-refractivity contribution in [2.45, 2.75) is 25.7 Å². The second-order valence-corrected chi connectivity index (χ2v) is 4.58. The minimum Gasteiger partial charge on any atom is -0.469 e. The van der Waals surface area contributed by atoms with E-state index in [0.29, 0.717) is 18.1 Å². The first kappa shape index (κ1) is 14.4. The van der Waals surface area contributed by atoms with Gasteiger partial charge in [-0.2, -0.15) is 0 Å². The molecule has 0 atom stereocenters. The van der Waals surface area contributed by atoms with Gasteiger partial charge in [0.05, 0.1) is 12.0 Å². The number of carbonyl (C=O) groups excluding carboxylic acids is 1. The highest BCUT2D eigenvalue weighted by Crippen LogP contribution is 2.24. The summed E-state index contributed by atoms with van der Waals surface area (Å²) in [6.07, 6.45) is 4.23. The van der Waals surface area contributed by atoms with E-state index in [9.17, 15) is 14.9 Å². The molecule has 18 heavy (non-hydrogen) atoms. The number of unbranched alkanes of at least 4 members (excludes halogenated alkanes) is 2. The molecule has 0 unspecified atom stereocenters. The van der Waals surface area contributed by atoms with Crippen molar-refractivity contribution in [3.05, 3.63) is 16.3 Å². The summed E-state index contributed by atoms with van der Waals surface area (Å²) in [6.45, 7) is 0.686. The molecule has 0 aliphatic heterocycles. The second kappa shape index (κ2) is 7.59. The molecule has 0 aliphatic rings. The first-order valence-electron chi connectivity index (χ1n) is 5.54. The number of thiazole rings is 1. The van der Waals surface area contributed by atoms with Crippen molar-refractivity contribution in [3.63, 3.8) is 0 Å². The quantitative estimate of drug-likeness (QED) is 0.337. The van der Waals surface area contributed by atoms with Crippen molar-refractivity contribution < 1.29 is 14.5 Å². The van der Waals surface area contributed by atoms with E-state index in [0.717, 1.165) is 30.6 Å². The molecular weight excluding hydrogens is 258 g/mol. The van der Waals surface area contributed by atoms with Crippen LogP contribution in [0.2, 0.25) is 0 Å². The third-order valence-electron chi connectivity index (χ3n) is 2.24. The number of nitro groups is 1. The van der Waals surface area contributed by atoms with E-state index in [1.165, 1.54) is 13.3 Å². The topological polar surface area (TPSA) is 94.4 Å². The highest BCUT2D eigenvalue weighted by atomic mass is 32.1. The lowest BCUT2D eigenvalue weighted by atomic mass is 10.2. The Morgan fingerprint density at radius 1 is 1.56 bits per heavy atom. The number of nitrogens with zero attached hydrogens (tertiary/aromatic N) is 2. The minimum absolute atomic E-state index is 0.0307. The molecule has 0 aliphatic carbocycles. The Balaban J connectivity index is 2.10. The molecule has 0 fully saturated rings. The summed E-state index contributed by atoms with van der Waals surface area (Å²) in [5.41, 5.74) is 0. The average molecular weight is 273 g/mol. The molecule has 0 bridgehead atoms. The van der Waals surface area contributed by atoms with Gasteiger partial charge >= 0.3 is 11.0 Å². The predicted octanol–water partition coefficient (Wildman–Crippen LogP) is 2.20. The van der Waals surface area contributed by atoms with Crippen LogP contribution < -0.4 is 5.32 Å². The molecule has 0 aromatic carbocycles. The monoisotopic (exact) mass is 273 g/mol. The first-order valence-corrected chi connectivity index (χ1v) is 6.36. The maximum Gasteiger partial charge on any atom is 0.345 e. The molecule has 1 rings (SSSR count). The van der Waals surface area contributed by atoms with Crippen LogP contribution >= 0.6 is 11.3 Å². The zero-order valence-corrected chi connectivity index (χ0v) is 10.9. The van der Waals surface area contributed by atoms with Gasteiger partial charge in [0.1, 0.15) is 6.20 Å². The first-order chi connectivity index (χ1) is 8.63. The van der Waals surface area contributed by atoms with Crippen LogP contribution in [0, 0.1) is 10.1 Å². The van der Waals surface area contributed by atoms with Crippen LogP contribution in [-0.4, -0.2) is 29.5 Å². The number of hydrogen-bond acceptors (Lipinski definition) is 7. The number of rotatable bonds is 8. The molecular formula is C10H15N3O4S. The third-order valence-corrected chi connectivity index (χ3v) is 3.14. The Labute approximate surface area is 108 Å². The minimum atomic E-state index is -0.459. The van der Waals surface area contributed by atoms with E-state index in [4.69, 9.17) is 0 Å². The van der Waals surface area contributed by atoms with Gasteiger partial charge in [-0.15, -0.1) is 0 Å². The summed E-state index contributed by atoms with van der Waals surface area (Å²) in [5, 5.41) is 14.0. The van der Waals surface area contributed by atoms with Crippen LogP contribution in [0.15, 0.2) is 6.20 Å². The summed E-state index contributed by atoms with van der Waals surface area (Å²) in [6, 6.07) is 0. The molecule has 0 saturated heterocycles. The molecule has 1 heterocycles. The van der Waals surface area contributed by atoms with Gasteiger partial charge in [0.15, 0.2) is 5.13 Å². The number of anilines is 1. The van der Waals surface area contributed by atoms with E-state index in [-0.39, 0.29) is 11.0 Å². The number of carbonyl (C=O) groups is 1. The number of methoxy groups -OCH3 is 1. The molecule has 100 valence electrons. The molecule has 0 spiro atoms. The average Bonchev–Trinajstić information content (AvgIpc) is 2.82. The maximum absolute atomic E-state index is 10.8. The van der Waals surface area contributed by atoms with Crippen LogP contribution in [0.25, 0.3) is 0 Å². The van der Waals surface area contributed by atoms with Gasteiger partial charge < -0.3 is 10.1 Å².